The van der Waals surface area contributed by atoms with Crippen LogP contribution in [0, 0.1) is 0 Å². The van der Waals surface area contributed by atoms with Crippen LogP contribution in [0.25, 0.3) is 0 Å². The number of benzene rings is 1. The van der Waals surface area contributed by atoms with Gasteiger partial charge in [-0.05, 0) is 30.5 Å². The first-order chi connectivity index (χ1) is 11.6. The fraction of sp³-hybridized carbons (Fsp3) is 0.588. The van der Waals surface area contributed by atoms with Crippen LogP contribution in [0.1, 0.15) is 18.4 Å². The van der Waals surface area contributed by atoms with Crippen LogP contribution >= 0.6 is 48.0 Å². The molecule has 3 rings (SSSR count). The van der Waals surface area contributed by atoms with Crippen molar-refractivity contribution >= 4 is 53.9 Å². The molecule has 2 N–H and O–H groups in total. The number of nitrogens with zero attached hydrogens (tertiary/aromatic N) is 1. The molecule has 2 fully saturated rings. The van der Waals surface area contributed by atoms with Crippen LogP contribution in [-0.4, -0.2) is 55.7 Å². The Balaban J connectivity index is 0.00000169. The summed E-state index contributed by atoms with van der Waals surface area (Å²) in [4.78, 5) is 14.6. The summed E-state index contributed by atoms with van der Waals surface area (Å²) in [6.07, 6.45) is 1.92. The maximum Gasteiger partial charge on any atom is 0.239 e. The molecule has 0 spiro atoms. The largest absolute Gasteiger partial charge is 0.378 e. The Morgan fingerprint density at radius 2 is 1.96 bits per heavy atom. The molecule has 2 aliphatic heterocycles. The van der Waals surface area contributed by atoms with Gasteiger partial charge in [-0.2, -0.15) is 0 Å². The number of hydrogen-bond acceptors (Lipinski definition) is 4. The van der Waals surface area contributed by atoms with Crippen LogP contribution in [-0.2, 0) is 16.1 Å². The second-order valence-electron chi connectivity index (χ2n) is 6.39. The van der Waals surface area contributed by atoms with Crippen LogP contribution in [0.3, 0.4) is 0 Å². The Kier molecular flexibility index (Phi) is 10.6. The molecule has 26 heavy (non-hydrogen) atoms. The van der Waals surface area contributed by atoms with Gasteiger partial charge in [0.25, 0.3) is 0 Å². The smallest absolute Gasteiger partial charge is 0.239 e. The van der Waals surface area contributed by atoms with Crippen molar-refractivity contribution in [2.75, 3.05) is 32.8 Å². The van der Waals surface area contributed by atoms with Crippen molar-refractivity contribution in [3.63, 3.8) is 0 Å². The van der Waals surface area contributed by atoms with Crippen molar-refractivity contribution in [3.05, 3.63) is 33.8 Å². The number of morpholine rings is 1. The zero-order valence-electron chi connectivity index (χ0n) is 14.4. The SMILES string of the molecule is Cl.Cl.O=C(NC1CCN(Cc2ccc(Cl)c(Cl)c2)CC1)C1COCCN1. The predicted octanol–water partition coefficient (Wildman–Crippen LogP) is 2.91. The molecule has 1 atom stereocenters. The summed E-state index contributed by atoms with van der Waals surface area (Å²) in [5.41, 5.74) is 1.16. The third kappa shape index (κ3) is 6.71. The van der Waals surface area contributed by atoms with Gasteiger partial charge in [0, 0.05) is 32.2 Å². The van der Waals surface area contributed by atoms with E-state index in [1.54, 1.807) is 0 Å². The summed E-state index contributed by atoms with van der Waals surface area (Å²) in [7, 11) is 0. The normalized spacial score (nSPS) is 21.4. The summed E-state index contributed by atoms with van der Waals surface area (Å²) in [6.45, 7) is 4.65. The summed E-state index contributed by atoms with van der Waals surface area (Å²) >= 11 is 12.0. The van der Waals surface area contributed by atoms with Crippen molar-refractivity contribution in [1.29, 1.82) is 0 Å². The predicted molar refractivity (Wildman–Crippen MR) is 110 cm³/mol. The monoisotopic (exact) mass is 443 g/mol. The van der Waals surface area contributed by atoms with Gasteiger partial charge in [-0.25, -0.2) is 0 Å². The molecule has 1 aromatic rings. The minimum Gasteiger partial charge on any atom is -0.378 e. The van der Waals surface area contributed by atoms with Crippen LogP contribution in [0.15, 0.2) is 18.2 Å². The topological polar surface area (TPSA) is 53.6 Å². The first kappa shape index (κ1) is 23.8. The van der Waals surface area contributed by atoms with Crippen LogP contribution in [0.2, 0.25) is 10.0 Å². The van der Waals surface area contributed by atoms with Crippen molar-refractivity contribution < 1.29 is 9.53 Å². The molecule has 0 saturated carbocycles. The van der Waals surface area contributed by atoms with Gasteiger partial charge >= 0.3 is 0 Å². The first-order valence-corrected chi connectivity index (χ1v) is 9.15. The molecule has 0 radical (unpaired) electrons. The first-order valence-electron chi connectivity index (χ1n) is 8.39. The van der Waals surface area contributed by atoms with Gasteiger partial charge in [-0.1, -0.05) is 29.3 Å². The molecule has 2 saturated heterocycles. The number of carbonyl (C=O) groups excluding carboxylic acids is 1. The van der Waals surface area contributed by atoms with E-state index in [9.17, 15) is 4.79 Å². The molecule has 0 aromatic heterocycles. The zero-order chi connectivity index (χ0) is 16.9. The molecule has 0 bridgehead atoms. The Bertz CT molecular complexity index is 577. The van der Waals surface area contributed by atoms with Crippen LogP contribution in [0.5, 0.6) is 0 Å². The Morgan fingerprint density at radius 3 is 2.58 bits per heavy atom. The highest BCUT2D eigenvalue weighted by molar-refractivity contribution is 6.42. The highest BCUT2D eigenvalue weighted by Crippen LogP contribution is 2.24. The van der Waals surface area contributed by atoms with E-state index in [0.29, 0.717) is 23.3 Å². The van der Waals surface area contributed by atoms with Crippen LogP contribution < -0.4 is 10.6 Å². The summed E-state index contributed by atoms with van der Waals surface area (Å²) in [6, 6.07) is 5.80. The molecule has 148 valence electrons. The number of hydrogen-bond donors (Lipinski definition) is 2. The van der Waals surface area contributed by atoms with Crippen molar-refractivity contribution in [3.8, 4) is 0 Å². The molecule has 1 aromatic carbocycles. The number of piperidine rings is 1. The van der Waals surface area contributed by atoms with Crippen molar-refractivity contribution in [1.82, 2.24) is 15.5 Å². The number of ether oxygens (including phenoxy) is 1. The second-order valence-corrected chi connectivity index (χ2v) is 7.20. The third-order valence-corrected chi connectivity index (χ3v) is 5.30. The number of likely N-dealkylation sites (tertiary alicyclic amines) is 1. The minimum atomic E-state index is -0.215. The van der Waals surface area contributed by atoms with E-state index >= 15 is 0 Å². The molecule has 0 aliphatic carbocycles. The molecular weight excluding hydrogens is 420 g/mol. The number of amides is 1. The third-order valence-electron chi connectivity index (χ3n) is 4.56. The Labute approximate surface area is 176 Å². The molecular formula is C17H25Cl4N3O2. The average molecular weight is 445 g/mol. The van der Waals surface area contributed by atoms with E-state index in [2.05, 4.69) is 15.5 Å². The van der Waals surface area contributed by atoms with Gasteiger partial charge in [0.05, 0.1) is 23.3 Å². The summed E-state index contributed by atoms with van der Waals surface area (Å²) in [5, 5.41) is 7.51. The van der Waals surface area contributed by atoms with E-state index in [4.69, 9.17) is 27.9 Å². The lowest BCUT2D eigenvalue weighted by molar-refractivity contribution is -0.126. The number of halogens is 4. The molecule has 5 nitrogen and oxygen atoms in total. The Morgan fingerprint density at radius 1 is 1.23 bits per heavy atom. The highest BCUT2D eigenvalue weighted by Gasteiger charge is 2.26. The standard InChI is InChI=1S/C17H23Cl2N3O2.2ClH/c18-14-2-1-12(9-15(14)19)10-22-6-3-13(4-7-22)21-17(23)16-11-24-8-5-20-16;;/h1-2,9,13,16,20H,3-8,10-11H2,(H,21,23);2*1H. The number of carbonyl (C=O) groups is 1. The maximum atomic E-state index is 12.2. The average Bonchev–Trinajstić information content (AvgIpc) is 2.61. The minimum absolute atomic E-state index is 0. The lowest BCUT2D eigenvalue weighted by Crippen LogP contribution is -2.54. The van der Waals surface area contributed by atoms with Crippen molar-refractivity contribution in [2.24, 2.45) is 0 Å². The molecule has 1 unspecified atom stereocenters. The second kappa shape index (κ2) is 11.5. The van der Waals surface area contributed by atoms with Gasteiger partial charge in [0.15, 0.2) is 0 Å². The van der Waals surface area contributed by atoms with Gasteiger partial charge in [0.1, 0.15) is 6.04 Å². The fourth-order valence-corrected chi connectivity index (χ4v) is 3.49. The van der Waals surface area contributed by atoms with E-state index in [1.165, 1.54) is 0 Å². The van der Waals surface area contributed by atoms with Gasteiger partial charge < -0.3 is 15.4 Å². The van der Waals surface area contributed by atoms with Gasteiger partial charge in [0.2, 0.25) is 5.91 Å². The summed E-state index contributed by atoms with van der Waals surface area (Å²) < 4.78 is 5.34. The van der Waals surface area contributed by atoms with E-state index in [0.717, 1.165) is 44.6 Å². The number of rotatable bonds is 4. The van der Waals surface area contributed by atoms with Crippen LogP contribution in [0.4, 0.5) is 0 Å². The van der Waals surface area contributed by atoms with E-state index in [-0.39, 0.29) is 42.8 Å². The van der Waals surface area contributed by atoms with Crippen molar-refractivity contribution in [2.45, 2.75) is 31.5 Å². The number of nitrogens with one attached hydrogen (secondary N) is 2. The molecule has 1 amide bonds. The summed E-state index contributed by atoms with van der Waals surface area (Å²) in [5.74, 6) is 0.0534. The Hall–Kier alpha value is -0.270. The highest BCUT2D eigenvalue weighted by atomic mass is 35.5. The molecule has 9 heteroatoms. The van der Waals surface area contributed by atoms with Gasteiger partial charge in [-0.15, -0.1) is 24.8 Å². The van der Waals surface area contributed by atoms with Gasteiger partial charge in [-0.3, -0.25) is 9.69 Å². The lowest BCUT2D eigenvalue weighted by Gasteiger charge is -2.33. The fourth-order valence-electron chi connectivity index (χ4n) is 3.17. The van der Waals surface area contributed by atoms with E-state index < -0.39 is 0 Å². The molecule has 2 aliphatic rings. The maximum absolute atomic E-state index is 12.2. The van der Waals surface area contributed by atoms with E-state index in [1.807, 2.05) is 18.2 Å². The molecule has 2 heterocycles. The zero-order valence-corrected chi connectivity index (χ0v) is 17.5. The lowest BCUT2D eigenvalue weighted by atomic mass is 10.0. The quantitative estimate of drug-likeness (QED) is 0.749.